The highest BCUT2D eigenvalue weighted by Crippen LogP contribution is 2.11. The predicted octanol–water partition coefficient (Wildman–Crippen LogP) is 5.74. The lowest BCUT2D eigenvalue weighted by molar-refractivity contribution is -0.697. The van der Waals surface area contributed by atoms with E-state index in [1.807, 2.05) is 0 Å². The summed E-state index contributed by atoms with van der Waals surface area (Å²) in [5, 5.41) is 0. The fourth-order valence-corrected chi connectivity index (χ4v) is 4.39. The van der Waals surface area contributed by atoms with E-state index in [1.165, 1.54) is 114 Å². The van der Waals surface area contributed by atoms with Crippen LogP contribution in [0.15, 0.2) is 49.1 Å². The zero-order valence-electron chi connectivity index (χ0n) is 17.8. The highest BCUT2D eigenvalue weighted by Gasteiger charge is 2.05. The Hall–Kier alpha value is -1.70. The van der Waals surface area contributed by atoms with Crippen LogP contribution in [0, 0.1) is 0 Å². The van der Waals surface area contributed by atoms with Crippen LogP contribution in [0.4, 0.5) is 0 Å². The Labute approximate surface area is 172 Å². The number of hydrogen-bond acceptors (Lipinski definition) is 0. The van der Waals surface area contributed by atoms with Gasteiger partial charge in [0.05, 0.1) is 0 Å². The third-order valence-corrected chi connectivity index (χ3v) is 6.10. The van der Waals surface area contributed by atoms with Crippen molar-refractivity contribution >= 4 is 0 Å². The molecule has 0 aliphatic carbocycles. The van der Waals surface area contributed by atoms with Crippen LogP contribution in [0.2, 0.25) is 0 Å². The molecule has 2 nitrogen and oxygen atoms in total. The van der Waals surface area contributed by atoms with Crippen LogP contribution in [0.1, 0.15) is 88.2 Å². The molecule has 0 amide bonds. The van der Waals surface area contributed by atoms with Gasteiger partial charge >= 0.3 is 0 Å². The number of aryl methyl sites for hydroxylation is 4. The molecule has 1 aliphatic heterocycles. The topological polar surface area (TPSA) is 7.76 Å². The molecule has 3 heterocycles. The first-order valence-electron chi connectivity index (χ1n) is 11.9. The van der Waals surface area contributed by atoms with Crippen molar-refractivity contribution in [1.82, 2.24) is 0 Å². The summed E-state index contributed by atoms with van der Waals surface area (Å²) in [5.74, 6) is 0. The molecule has 0 atom stereocenters. The lowest BCUT2D eigenvalue weighted by Gasteiger charge is -2.05. The molecule has 0 saturated carbocycles. The Morgan fingerprint density at radius 2 is 0.857 bits per heavy atom. The monoisotopic (exact) mass is 380 g/mol. The van der Waals surface area contributed by atoms with Crippen LogP contribution in [-0.2, 0) is 25.9 Å². The molecule has 4 bridgehead atoms. The molecule has 0 aromatic carbocycles. The molecule has 0 fully saturated rings. The molecule has 0 spiro atoms. The van der Waals surface area contributed by atoms with Gasteiger partial charge in [0.2, 0.25) is 0 Å². The standard InChI is InChI=1S/C26H40N2/c1-3-7-11-19-27-21-14-18-26(24-27)16-10-6-2-4-8-12-20-28-22-13-17-25(23-28)15-9-5-1/h13-14,17-18,21-24H,1-12,15-16,19-20H2/q+2. The summed E-state index contributed by atoms with van der Waals surface area (Å²) < 4.78 is 4.82. The van der Waals surface area contributed by atoms with Crippen molar-refractivity contribution in [3.63, 3.8) is 0 Å². The lowest BCUT2D eigenvalue weighted by atomic mass is 10.0. The summed E-state index contributed by atoms with van der Waals surface area (Å²) in [6.07, 6.45) is 28.0. The van der Waals surface area contributed by atoms with E-state index in [0.29, 0.717) is 0 Å². The SMILES string of the molecule is c1cc2c[n+](c1)CCCCCCCCc1ccc[n+](c1)CCCCCCCC2. The minimum Gasteiger partial charge on any atom is -0.205 e. The second kappa shape index (κ2) is 12.7. The van der Waals surface area contributed by atoms with E-state index in [4.69, 9.17) is 0 Å². The number of hydrogen-bond donors (Lipinski definition) is 0. The Balaban J connectivity index is 1.48. The number of rotatable bonds is 0. The van der Waals surface area contributed by atoms with Gasteiger partial charge in [0.25, 0.3) is 0 Å². The molecule has 0 unspecified atom stereocenters. The summed E-state index contributed by atoms with van der Waals surface area (Å²) in [4.78, 5) is 0. The molecule has 0 radical (unpaired) electrons. The van der Waals surface area contributed by atoms with Gasteiger partial charge in [0.15, 0.2) is 24.8 Å². The average molecular weight is 381 g/mol. The first-order valence-corrected chi connectivity index (χ1v) is 11.9. The van der Waals surface area contributed by atoms with Crippen molar-refractivity contribution in [2.45, 2.75) is 103 Å². The van der Waals surface area contributed by atoms with Crippen LogP contribution in [0.25, 0.3) is 0 Å². The summed E-state index contributed by atoms with van der Waals surface area (Å²) in [6.45, 7) is 2.36. The second-order valence-electron chi connectivity index (χ2n) is 8.64. The molecular weight excluding hydrogens is 340 g/mol. The second-order valence-corrected chi connectivity index (χ2v) is 8.64. The zero-order chi connectivity index (χ0) is 19.3. The van der Waals surface area contributed by atoms with E-state index in [0.717, 1.165) is 0 Å². The van der Waals surface area contributed by atoms with Crippen molar-refractivity contribution in [2.75, 3.05) is 0 Å². The van der Waals surface area contributed by atoms with E-state index in [9.17, 15) is 0 Å². The fraction of sp³-hybridized carbons (Fsp3) is 0.615. The molecule has 152 valence electrons. The van der Waals surface area contributed by atoms with E-state index >= 15 is 0 Å². The molecule has 2 heteroatoms. The van der Waals surface area contributed by atoms with Crippen LogP contribution < -0.4 is 9.13 Å². The summed E-state index contributed by atoms with van der Waals surface area (Å²) in [7, 11) is 0. The highest BCUT2D eigenvalue weighted by atomic mass is 14.9. The molecule has 0 saturated heterocycles. The van der Waals surface area contributed by atoms with Gasteiger partial charge in [0.1, 0.15) is 13.1 Å². The van der Waals surface area contributed by atoms with Crippen molar-refractivity contribution in [2.24, 2.45) is 0 Å². The smallest absolute Gasteiger partial charge is 0.171 e. The normalized spacial score (nSPS) is 18.6. The molecular formula is C26H40N2+2. The Morgan fingerprint density at radius 3 is 1.32 bits per heavy atom. The Morgan fingerprint density at radius 1 is 0.464 bits per heavy atom. The van der Waals surface area contributed by atoms with Gasteiger partial charge in [-0.1, -0.05) is 38.5 Å². The van der Waals surface area contributed by atoms with Gasteiger partial charge in [0, 0.05) is 36.1 Å². The number of nitrogens with zero attached hydrogens (tertiary/aromatic N) is 2. The third-order valence-electron chi connectivity index (χ3n) is 6.10. The molecule has 2 aromatic rings. The molecule has 1 aliphatic rings. The minimum atomic E-state index is 1.18. The van der Waals surface area contributed by atoms with Crippen LogP contribution in [0.5, 0.6) is 0 Å². The van der Waals surface area contributed by atoms with Crippen molar-refractivity contribution in [1.29, 1.82) is 0 Å². The Kier molecular flexibility index (Phi) is 9.53. The van der Waals surface area contributed by atoms with E-state index < -0.39 is 0 Å². The third kappa shape index (κ3) is 8.12. The fourth-order valence-electron chi connectivity index (χ4n) is 4.39. The molecule has 2 aromatic heterocycles. The van der Waals surface area contributed by atoms with Gasteiger partial charge in [-0.15, -0.1) is 0 Å². The van der Waals surface area contributed by atoms with Gasteiger partial charge < -0.3 is 0 Å². The average Bonchev–Trinajstić information content (AvgIpc) is 2.72. The first kappa shape index (κ1) is 21.0. The molecule has 3 rings (SSSR count). The Bertz CT molecular complexity index is 570. The van der Waals surface area contributed by atoms with Crippen LogP contribution in [0.3, 0.4) is 0 Å². The highest BCUT2D eigenvalue weighted by molar-refractivity contribution is 5.05. The van der Waals surface area contributed by atoms with Crippen molar-refractivity contribution in [3.05, 3.63) is 60.2 Å². The van der Waals surface area contributed by atoms with E-state index in [-0.39, 0.29) is 0 Å². The summed E-state index contributed by atoms with van der Waals surface area (Å²) in [6, 6.07) is 9.08. The van der Waals surface area contributed by atoms with Crippen molar-refractivity contribution in [3.8, 4) is 0 Å². The predicted molar refractivity (Wildman–Crippen MR) is 116 cm³/mol. The van der Waals surface area contributed by atoms with Gasteiger partial charge in [-0.3, -0.25) is 0 Å². The molecule has 28 heavy (non-hydrogen) atoms. The van der Waals surface area contributed by atoms with Gasteiger partial charge in [-0.2, -0.15) is 0 Å². The number of pyridine rings is 2. The van der Waals surface area contributed by atoms with Crippen molar-refractivity contribution < 1.29 is 9.13 Å². The minimum absolute atomic E-state index is 1.18. The number of aromatic nitrogens is 2. The lowest BCUT2D eigenvalue weighted by Crippen LogP contribution is -2.33. The number of fused-ring (bicyclic) bond motifs is 4. The first-order chi connectivity index (χ1) is 13.9. The largest absolute Gasteiger partial charge is 0.205 e. The summed E-state index contributed by atoms with van der Waals surface area (Å²) in [5.41, 5.74) is 3.03. The maximum atomic E-state index is 2.41. The van der Waals surface area contributed by atoms with Gasteiger partial charge in [-0.25, -0.2) is 9.13 Å². The maximum Gasteiger partial charge on any atom is 0.171 e. The quantitative estimate of drug-likeness (QED) is 0.515. The molecule has 0 N–H and O–H groups in total. The summed E-state index contributed by atoms with van der Waals surface area (Å²) >= 11 is 0. The van der Waals surface area contributed by atoms with Gasteiger partial charge in [-0.05, 0) is 50.7 Å². The van der Waals surface area contributed by atoms with E-state index in [2.05, 4.69) is 58.2 Å². The van der Waals surface area contributed by atoms with E-state index in [1.54, 1.807) is 0 Å². The maximum absolute atomic E-state index is 2.41. The zero-order valence-corrected chi connectivity index (χ0v) is 17.8. The van der Waals surface area contributed by atoms with Crippen LogP contribution >= 0.6 is 0 Å². The van der Waals surface area contributed by atoms with Crippen LogP contribution in [-0.4, -0.2) is 0 Å².